The first-order valence-electron chi connectivity index (χ1n) is 6.57. The summed E-state index contributed by atoms with van der Waals surface area (Å²) >= 11 is 0. The van der Waals surface area contributed by atoms with Crippen molar-refractivity contribution in [3.8, 4) is 0 Å². The van der Waals surface area contributed by atoms with Gasteiger partial charge in [0.15, 0.2) is 0 Å². The smallest absolute Gasteiger partial charge is 0.345 e. The number of carbonyl (C=O) groups excluding carboxylic acids is 1. The zero-order chi connectivity index (χ0) is 14.7. The second-order valence-corrected chi connectivity index (χ2v) is 4.91. The second-order valence-electron chi connectivity index (χ2n) is 4.91. The molecular weight excluding hydrogens is 262 g/mol. The summed E-state index contributed by atoms with van der Waals surface area (Å²) < 4.78 is 5.25. The van der Waals surface area contributed by atoms with E-state index in [1.165, 1.54) is 0 Å². The average Bonchev–Trinajstić information content (AvgIpc) is 2.42. The van der Waals surface area contributed by atoms with E-state index in [9.17, 15) is 14.7 Å². The second kappa shape index (κ2) is 6.15. The SMILES string of the molecule is Cc1nc(=O)[nH]c(C)c1CC(=O)N1CCOCC1CO. The predicted molar refractivity (Wildman–Crippen MR) is 71.4 cm³/mol. The molecule has 20 heavy (non-hydrogen) atoms. The lowest BCUT2D eigenvalue weighted by Crippen LogP contribution is -2.51. The van der Waals surface area contributed by atoms with Crippen LogP contribution in [0.2, 0.25) is 0 Å². The fourth-order valence-corrected chi connectivity index (χ4v) is 2.40. The summed E-state index contributed by atoms with van der Waals surface area (Å²) in [5.74, 6) is -0.0904. The first kappa shape index (κ1) is 14.7. The van der Waals surface area contributed by atoms with E-state index in [1.54, 1.807) is 18.7 Å². The number of rotatable bonds is 3. The van der Waals surface area contributed by atoms with Gasteiger partial charge in [0, 0.05) is 23.5 Å². The van der Waals surface area contributed by atoms with E-state index in [0.29, 0.717) is 31.1 Å². The summed E-state index contributed by atoms with van der Waals surface area (Å²) in [5.41, 5.74) is 1.55. The number of aromatic amines is 1. The van der Waals surface area contributed by atoms with Gasteiger partial charge >= 0.3 is 5.69 Å². The maximum Gasteiger partial charge on any atom is 0.345 e. The number of ether oxygens (including phenoxy) is 1. The summed E-state index contributed by atoms with van der Waals surface area (Å²) in [7, 11) is 0. The van der Waals surface area contributed by atoms with Crippen LogP contribution in [-0.4, -0.2) is 58.3 Å². The van der Waals surface area contributed by atoms with Gasteiger partial charge in [-0.05, 0) is 13.8 Å². The molecule has 110 valence electrons. The maximum atomic E-state index is 12.4. The minimum Gasteiger partial charge on any atom is -0.394 e. The molecule has 0 spiro atoms. The number of nitrogens with one attached hydrogen (secondary N) is 1. The standard InChI is InChI=1S/C13H19N3O4/c1-8-11(9(2)15-13(19)14-8)5-12(18)16-3-4-20-7-10(16)6-17/h10,17H,3-7H2,1-2H3,(H,14,15,19). The van der Waals surface area contributed by atoms with E-state index in [-0.39, 0.29) is 25.0 Å². The molecule has 0 bridgehead atoms. The fraction of sp³-hybridized carbons (Fsp3) is 0.615. The number of hydrogen-bond acceptors (Lipinski definition) is 5. The largest absolute Gasteiger partial charge is 0.394 e. The van der Waals surface area contributed by atoms with Crippen molar-refractivity contribution in [1.82, 2.24) is 14.9 Å². The van der Waals surface area contributed by atoms with Crippen molar-refractivity contribution in [2.45, 2.75) is 26.3 Å². The lowest BCUT2D eigenvalue weighted by atomic mass is 10.1. The van der Waals surface area contributed by atoms with Crippen molar-refractivity contribution in [2.75, 3.05) is 26.4 Å². The van der Waals surface area contributed by atoms with Crippen LogP contribution in [0.15, 0.2) is 4.79 Å². The van der Waals surface area contributed by atoms with E-state index < -0.39 is 5.69 Å². The molecule has 0 saturated carbocycles. The Morgan fingerprint density at radius 3 is 2.95 bits per heavy atom. The third-order valence-corrected chi connectivity index (χ3v) is 3.54. The highest BCUT2D eigenvalue weighted by Crippen LogP contribution is 2.13. The molecule has 1 aromatic rings. The predicted octanol–water partition coefficient (Wildman–Crippen LogP) is -0.851. The van der Waals surface area contributed by atoms with E-state index in [1.807, 2.05) is 0 Å². The number of hydrogen-bond donors (Lipinski definition) is 2. The van der Waals surface area contributed by atoms with Crippen LogP contribution in [0, 0.1) is 13.8 Å². The zero-order valence-corrected chi connectivity index (χ0v) is 11.7. The van der Waals surface area contributed by atoms with Crippen LogP contribution >= 0.6 is 0 Å². The highest BCUT2D eigenvalue weighted by atomic mass is 16.5. The number of aliphatic hydroxyl groups excluding tert-OH is 1. The van der Waals surface area contributed by atoms with Crippen LogP contribution < -0.4 is 5.69 Å². The Balaban J connectivity index is 2.17. The average molecular weight is 281 g/mol. The Morgan fingerprint density at radius 1 is 1.55 bits per heavy atom. The number of amides is 1. The summed E-state index contributed by atoms with van der Waals surface area (Å²) in [6, 6.07) is -0.299. The number of aryl methyl sites for hydroxylation is 2. The number of carbonyl (C=O) groups is 1. The van der Waals surface area contributed by atoms with Crippen LogP contribution in [0.4, 0.5) is 0 Å². The Morgan fingerprint density at radius 2 is 2.30 bits per heavy atom. The van der Waals surface area contributed by atoms with Gasteiger partial charge in [0.1, 0.15) is 0 Å². The Labute approximate surface area is 116 Å². The van der Waals surface area contributed by atoms with Gasteiger partial charge in [-0.2, -0.15) is 4.98 Å². The van der Waals surface area contributed by atoms with Crippen LogP contribution in [0.25, 0.3) is 0 Å². The first-order chi connectivity index (χ1) is 9.52. The molecule has 0 aromatic carbocycles. The monoisotopic (exact) mass is 281 g/mol. The van der Waals surface area contributed by atoms with E-state index in [4.69, 9.17) is 4.74 Å². The van der Waals surface area contributed by atoms with E-state index in [0.717, 1.165) is 5.56 Å². The van der Waals surface area contributed by atoms with Crippen LogP contribution in [0.5, 0.6) is 0 Å². The molecule has 1 aromatic heterocycles. The third kappa shape index (κ3) is 3.05. The van der Waals surface area contributed by atoms with Crippen molar-refractivity contribution in [2.24, 2.45) is 0 Å². The van der Waals surface area contributed by atoms with Gasteiger partial charge < -0.3 is 19.7 Å². The van der Waals surface area contributed by atoms with Crippen LogP contribution in [-0.2, 0) is 16.0 Å². The molecule has 1 atom stereocenters. The maximum absolute atomic E-state index is 12.4. The minimum atomic E-state index is -0.407. The highest BCUT2D eigenvalue weighted by Gasteiger charge is 2.27. The minimum absolute atomic E-state index is 0.0904. The first-order valence-corrected chi connectivity index (χ1v) is 6.57. The molecule has 1 amide bonds. The molecule has 1 unspecified atom stereocenters. The van der Waals surface area contributed by atoms with Gasteiger partial charge in [-0.25, -0.2) is 4.79 Å². The molecule has 2 rings (SSSR count). The van der Waals surface area contributed by atoms with Crippen LogP contribution in [0.3, 0.4) is 0 Å². The Bertz CT molecular complexity index is 529. The van der Waals surface area contributed by atoms with Gasteiger partial charge in [0.05, 0.1) is 32.3 Å². The zero-order valence-electron chi connectivity index (χ0n) is 11.7. The van der Waals surface area contributed by atoms with Gasteiger partial charge in [-0.15, -0.1) is 0 Å². The number of nitrogens with zero attached hydrogens (tertiary/aromatic N) is 2. The number of H-pyrrole nitrogens is 1. The summed E-state index contributed by atoms with van der Waals surface area (Å²) in [5, 5.41) is 9.29. The molecular formula is C13H19N3O4. The quantitative estimate of drug-likeness (QED) is 0.752. The van der Waals surface area contributed by atoms with Crippen molar-refractivity contribution in [1.29, 1.82) is 0 Å². The number of morpholine rings is 1. The fourth-order valence-electron chi connectivity index (χ4n) is 2.40. The molecule has 2 N–H and O–H groups in total. The highest BCUT2D eigenvalue weighted by molar-refractivity contribution is 5.79. The molecule has 1 aliphatic heterocycles. The molecule has 2 heterocycles. The van der Waals surface area contributed by atoms with E-state index in [2.05, 4.69) is 9.97 Å². The lowest BCUT2D eigenvalue weighted by molar-refractivity contribution is -0.140. The van der Waals surface area contributed by atoms with Gasteiger partial charge in [-0.3, -0.25) is 4.79 Å². The Kier molecular flexibility index (Phi) is 4.51. The summed E-state index contributed by atoms with van der Waals surface area (Å²) in [6.45, 7) is 4.65. The molecule has 7 nitrogen and oxygen atoms in total. The molecule has 1 saturated heterocycles. The molecule has 0 aliphatic carbocycles. The normalized spacial score (nSPS) is 19.1. The van der Waals surface area contributed by atoms with Crippen molar-refractivity contribution >= 4 is 5.91 Å². The van der Waals surface area contributed by atoms with Crippen LogP contribution in [0.1, 0.15) is 17.0 Å². The summed E-state index contributed by atoms with van der Waals surface area (Å²) in [4.78, 5) is 31.7. The Hall–Kier alpha value is -1.73. The third-order valence-electron chi connectivity index (χ3n) is 3.54. The summed E-state index contributed by atoms with van der Waals surface area (Å²) in [6.07, 6.45) is 0.165. The molecule has 7 heteroatoms. The van der Waals surface area contributed by atoms with Crippen molar-refractivity contribution < 1.29 is 14.6 Å². The lowest BCUT2D eigenvalue weighted by Gasteiger charge is -2.34. The van der Waals surface area contributed by atoms with Gasteiger partial charge in [0.25, 0.3) is 0 Å². The van der Waals surface area contributed by atoms with Crippen molar-refractivity contribution in [3.63, 3.8) is 0 Å². The molecule has 0 radical (unpaired) electrons. The van der Waals surface area contributed by atoms with E-state index >= 15 is 0 Å². The molecule has 1 fully saturated rings. The topological polar surface area (TPSA) is 95.5 Å². The van der Waals surface area contributed by atoms with Gasteiger partial charge in [-0.1, -0.05) is 0 Å². The number of aliphatic hydroxyl groups is 1. The van der Waals surface area contributed by atoms with Gasteiger partial charge in [0.2, 0.25) is 5.91 Å². The molecule has 1 aliphatic rings. The van der Waals surface area contributed by atoms with Crippen molar-refractivity contribution in [3.05, 3.63) is 27.4 Å². The number of aromatic nitrogens is 2.